The van der Waals surface area contributed by atoms with Gasteiger partial charge in [0.05, 0.1) is 30.4 Å². The third-order valence-electron chi connectivity index (χ3n) is 11.9. The standard InChI is InChI=1S/C56H63O4P3S5/c1-4-7-10-13-14-15-16-17-20-41-21-22-52(64-41)53-26-23-48(65-53)42-33-40(38-63-58)43(34-39(42)37-62-57)49-24-27-54(66-49)55-28-25-50(67-55)44-35-47(60-32-19-12-9-6-3)45(51-29-30-56(61)68-51)36-46(44)59-31-18-11-8-5-2/h21-30,33-36H,4-16,18-19,31-32,37-38,61H2,1-3H3. The average Bonchev–Trinajstić information content (AvgIpc) is 4.22. The van der Waals surface area contributed by atoms with Crippen LogP contribution < -0.4 is 14.1 Å². The zero-order valence-corrected chi connectivity index (χ0v) is 46.7. The Morgan fingerprint density at radius 3 is 1.35 bits per heavy atom. The number of hydrogen-bond acceptors (Lipinski definition) is 9. The van der Waals surface area contributed by atoms with Gasteiger partial charge in [-0.25, -0.2) is 0 Å². The summed E-state index contributed by atoms with van der Waals surface area (Å²) in [5.41, 5.74) is 6.26. The summed E-state index contributed by atoms with van der Waals surface area (Å²) in [6.07, 6.45) is 18.6. The Balaban J connectivity index is 1.14. The van der Waals surface area contributed by atoms with Crippen LogP contribution >= 0.6 is 82.8 Å². The van der Waals surface area contributed by atoms with Crippen LogP contribution in [0, 0.1) is 11.8 Å². The molecule has 7 rings (SSSR count). The first-order chi connectivity index (χ1) is 33.4. The predicted octanol–water partition coefficient (Wildman–Crippen LogP) is 20.1. The molecule has 0 saturated carbocycles. The molecule has 0 bridgehead atoms. The highest BCUT2D eigenvalue weighted by molar-refractivity contribution is 7.44. The van der Waals surface area contributed by atoms with Crippen molar-refractivity contribution in [1.82, 2.24) is 0 Å². The van der Waals surface area contributed by atoms with Crippen LogP contribution in [0.25, 0.3) is 61.3 Å². The molecule has 12 heteroatoms. The maximum Gasteiger partial charge on any atom is 0.160 e. The van der Waals surface area contributed by atoms with Gasteiger partial charge in [-0.2, -0.15) is 0 Å². The van der Waals surface area contributed by atoms with E-state index in [-0.39, 0.29) is 16.9 Å². The minimum absolute atomic E-state index is 0.0605. The van der Waals surface area contributed by atoms with E-state index in [1.165, 1.54) is 88.3 Å². The number of thiophene rings is 5. The van der Waals surface area contributed by atoms with E-state index in [4.69, 9.17) is 9.47 Å². The van der Waals surface area contributed by atoms with Gasteiger partial charge in [0.15, 0.2) is 16.9 Å². The molecule has 5 aromatic heterocycles. The summed E-state index contributed by atoms with van der Waals surface area (Å²) >= 11 is 8.75. The number of unbranched alkanes of at least 4 members (excludes halogenated alkanes) is 12. The lowest BCUT2D eigenvalue weighted by Gasteiger charge is -2.17. The zero-order valence-electron chi connectivity index (χ0n) is 39.7. The van der Waals surface area contributed by atoms with Crippen molar-refractivity contribution in [2.75, 3.05) is 13.2 Å². The Hall–Kier alpha value is -3.27. The van der Waals surface area contributed by atoms with Crippen LogP contribution in [0.5, 0.6) is 11.5 Å². The molecule has 0 fully saturated rings. The lowest BCUT2D eigenvalue weighted by molar-refractivity contribution is 0.299. The second-order valence-corrected chi connectivity index (χ2v) is 24.7. The van der Waals surface area contributed by atoms with Crippen LogP contribution in [0.15, 0.2) is 84.9 Å². The van der Waals surface area contributed by atoms with Gasteiger partial charge in [0.2, 0.25) is 0 Å². The van der Waals surface area contributed by atoms with E-state index in [1.54, 1.807) is 56.7 Å². The van der Waals surface area contributed by atoms with Gasteiger partial charge in [-0.05, 0) is 126 Å². The number of rotatable bonds is 28. The van der Waals surface area contributed by atoms with Crippen LogP contribution in [-0.2, 0) is 21.5 Å². The maximum atomic E-state index is 12.3. The Labute approximate surface area is 431 Å². The van der Waals surface area contributed by atoms with Crippen LogP contribution in [0.3, 0.4) is 0 Å². The van der Waals surface area contributed by atoms with Crippen molar-refractivity contribution >= 4 is 87.5 Å². The molecule has 1 unspecified atom stereocenters. The topological polar surface area (TPSA) is 52.6 Å². The van der Waals surface area contributed by atoms with Crippen LogP contribution in [-0.4, -0.2) is 13.2 Å². The van der Waals surface area contributed by atoms with E-state index in [2.05, 4.69) is 127 Å². The zero-order chi connectivity index (χ0) is 47.5. The van der Waals surface area contributed by atoms with Crippen molar-refractivity contribution in [3.05, 3.63) is 101 Å². The Bertz CT molecular complexity index is 2760. The summed E-state index contributed by atoms with van der Waals surface area (Å²) in [7, 11) is 2.96. The minimum Gasteiger partial charge on any atom is -0.493 e. The van der Waals surface area contributed by atoms with Crippen LogP contribution in [0.1, 0.15) is 133 Å². The maximum absolute atomic E-state index is 12.3. The van der Waals surface area contributed by atoms with Crippen molar-refractivity contribution in [3.8, 4) is 84.6 Å². The Morgan fingerprint density at radius 2 is 0.868 bits per heavy atom. The molecule has 2 aromatic carbocycles. The van der Waals surface area contributed by atoms with Crippen molar-refractivity contribution in [3.63, 3.8) is 0 Å². The largest absolute Gasteiger partial charge is 0.493 e. The van der Waals surface area contributed by atoms with Crippen molar-refractivity contribution < 1.29 is 18.6 Å². The molecule has 0 amide bonds. The van der Waals surface area contributed by atoms with Gasteiger partial charge in [0, 0.05) is 61.2 Å². The van der Waals surface area contributed by atoms with Crippen molar-refractivity contribution in [2.24, 2.45) is 0 Å². The molecule has 0 aliphatic carbocycles. The average molecular weight is 1050 g/mol. The van der Waals surface area contributed by atoms with E-state index < -0.39 is 0 Å². The second-order valence-electron chi connectivity index (χ2n) is 17.1. The SMILES string of the molecule is CCCCCCCCC#Cc1ccc(-c2ccc(-c3cc(CP=O)c(-c4ccc(-c5ccc(-c6cc(OCCCCCC)c(-c7ccc(P)s7)cc6OCCCCCC)s5)s4)cc3CP=O)s2)s1. The summed E-state index contributed by atoms with van der Waals surface area (Å²) < 4.78 is 39.1. The fraction of sp³-hybridized carbons (Fsp3) is 0.393. The first-order valence-corrected chi connectivity index (χ1v) is 31.0. The Morgan fingerprint density at radius 1 is 0.456 bits per heavy atom. The molecule has 4 nitrogen and oxygen atoms in total. The monoisotopic (exact) mass is 1050 g/mol. The summed E-state index contributed by atoms with van der Waals surface area (Å²) in [6.45, 7) is 8.09. The summed E-state index contributed by atoms with van der Waals surface area (Å²) in [5.74, 6) is 8.58. The number of benzene rings is 2. The molecule has 0 saturated heterocycles. The van der Waals surface area contributed by atoms with E-state index >= 15 is 0 Å². The molecule has 0 aliphatic heterocycles. The predicted molar refractivity (Wildman–Crippen MR) is 305 cm³/mol. The molecular weight excluding hydrogens is 990 g/mol. The van der Waals surface area contributed by atoms with E-state index in [0.29, 0.717) is 25.5 Å². The molecule has 0 radical (unpaired) electrons. The van der Waals surface area contributed by atoms with Gasteiger partial charge in [-0.15, -0.1) is 56.7 Å². The molecule has 0 spiro atoms. The smallest absolute Gasteiger partial charge is 0.160 e. The molecule has 0 aliphatic rings. The molecule has 356 valence electrons. The second kappa shape index (κ2) is 27.9. The van der Waals surface area contributed by atoms with Crippen molar-refractivity contribution in [1.29, 1.82) is 0 Å². The normalized spacial score (nSPS) is 11.4. The van der Waals surface area contributed by atoms with Crippen LogP contribution in [0.4, 0.5) is 0 Å². The van der Waals surface area contributed by atoms with Gasteiger partial charge in [-0.1, -0.05) is 112 Å². The third kappa shape index (κ3) is 14.7. The molecule has 1 atom stereocenters. The number of hydrogen-bond donors (Lipinski definition) is 0. The lowest BCUT2D eigenvalue weighted by atomic mass is 9.98. The van der Waals surface area contributed by atoms with E-state index in [0.717, 1.165) is 101 Å². The third-order valence-corrected chi connectivity index (χ3v) is 19.0. The minimum atomic E-state index is 0.0605. The summed E-state index contributed by atoms with van der Waals surface area (Å²) in [4.78, 5) is 10.3. The fourth-order valence-electron chi connectivity index (χ4n) is 8.18. The van der Waals surface area contributed by atoms with Gasteiger partial charge < -0.3 is 9.47 Å². The highest BCUT2D eigenvalue weighted by atomic mass is 32.1. The molecule has 0 N–H and O–H groups in total. The molecule has 68 heavy (non-hydrogen) atoms. The van der Waals surface area contributed by atoms with Crippen molar-refractivity contribution in [2.45, 2.75) is 129 Å². The number of ether oxygens (including phenoxy) is 2. The first-order valence-electron chi connectivity index (χ1n) is 24.4. The van der Waals surface area contributed by atoms with Gasteiger partial charge in [0.1, 0.15) is 11.5 Å². The first kappa shape index (κ1) is 52.6. The molecule has 5 heterocycles. The molecular formula is C56H63O4P3S5. The van der Waals surface area contributed by atoms with Gasteiger partial charge in [-0.3, -0.25) is 9.13 Å². The van der Waals surface area contributed by atoms with Crippen LogP contribution in [0.2, 0.25) is 0 Å². The quantitative estimate of drug-likeness (QED) is 0.0279. The summed E-state index contributed by atoms with van der Waals surface area (Å²) in [5, 5.41) is 0. The Kier molecular flexibility index (Phi) is 21.6. The van der Waals surface area contributed by atoms with E-state index in [9.17, 15) is 9.13 Å². The molecule has 7 aromatic rings. The van der Waals surface area contributed by atoms with E-state index in [1.807, 2.05) is 0 Å². The fourth-order valence-corrected chi connectivity index (χ4v) is 14.5. The van der Waals surface area contributed by atoms with Gasteiger partial charge >= 0.3 is 0 Å². The highest BCUT2D eigenvalue weighted by Crippen LogP contribution is 2.48. The van der Waals surface area contributed by atoms with Gasteiger partial charge in [0.25, 0.3) is 0 Å². The highest BCUT2D eigenvalue weighted by Gasteiger charge is 2.21. The summed E-state index contributed by atoms with van der Waals surface area (Å²) in [6, 6.07) is 30.6. The lowest BCUT2D eigenvalue weighted by Crippen LogP contribution is -2.02.